The molecule has 10 nitrogen and oxygen atoms in total. The second-order valence-corrected chi connectivity index (χ2v) is 9.99. The van der Waals surface area contributed by atoms with E-state index in [9.17, 15) is 29.1 Å². The molecule has 2 N–H and O–H groups in total. The van der Waals surface area contributed by atoms with Crippen molar-refractivity contribution in [3.63, 3.8) is 0 Å². The third kappa shape index (κ3) is 6.78. The summed E-state index contributed by atoms with van der Waals surface area (Å²) in [6, 6.07) is 12.1. The fourth-order valence-corrected chi connectivity index (χ4v) is 5.67. The Morgan fingerprint density at radius 3 is 2.31 bits per heavy atom. The molecule has 208 valence electrons. The number of anilines is 1. The van der Waals surface area contributed by atoms with E-state index in [0.29, 0.717) is 41.8 Å². The number of esters is 1. The molecular weight excluding hydrogens is 546 g/mol. The molecule has 2 heterocycles. The van der Waals surface area contributed by atoms with Gasteiger partial charge in [0.25, 0.3) is 11.8 Å². The van der Waals surface area contributed by atoms with Gasteiger partial charge in [0.1, 0.15) is 12.6 Å². The number of nitrogens with zero attached hydrogens (tertiary/aromatic N) is 2. The van der Waals surface area contributed by atoms with Crippen molar-refractivity contribution in [3.8, 4) is 0 Å². The number of unbranched alkanes of at least 4 members (excludes halogenated alkanes) is 1. The van der Waals surface area contributed by atoms with E-state index in [1.807, 2.05) is 12.1 Å². The molecule has 2 aliphatic heterocycles. The van der Waals surface area contributed by atoms with Crippen molar-refractivity contribution < 1.29 is 33.8 Å². The smallest absolute Gasteiger partial charge is 0.323 e. The lowest BCUT2D eigenvalue weighted by atomic mass is 10.1. The summed E-state index contributed by atoms with van der Waals surface area (Å²) in [6.07, 6.45) is 1.26. The summed E-state index contributed by atoms with van der Waals surface area (Å²) in [5.74, 6) is -2.46. The highest BCUT2D eigenvalue weighted by Gasteiger charge is 2.36. The van der Waals surface area contributed by atoms with Crippen molar-refractivity contribution in [1.29, 1.82) is 0 Å². The molecule has 0 saturated heterocycles. The van der Waals surface area contributed by atoms with Crippen LogP contribution in [0.3, 0.4) is 0 Å². The molecule has 0 bridgehead atoms. The molecule has 12 heteroatoms. The second-order valence-electron chi connectivity index (χ2n) is 8.92. The first-order valence-electron chi connectivity index (χ1n) is 12.4. The molecule has 4 rings (SSSR count). The van der Waals surface area contributed by atoms with Gasteiger partial charge < -0.3 is 9.84 Å². The number of carbonyl (C=O) groups is 5. The molecule has 0 spiro atoms. The summed E-state index contributed by atoms with van der Waals surface area (Å²) < 4.78 is 5.23. The van der Waals surface area contributed by atoms with Crippen LogP contribution in [0.5, 0.6) is 0 Å². The van der Waals surface area contributed by atoms with Gasteiger partial charge in [-0.3, -0.25) is 39.1 Å². The highest BCUT2D eigenvalue weighted by molar-refractivity contribution is 7.99. The molecule has 3 amide bonds. The predicted octanol–water partition coefficient (Wildman–Crippen LogP) is 2.99. The Balaban J connectivity index is 0.00000420. The van der Waals surface area contributed by atoms with Gasteiger partial charge in [0.15, 0.2) is 0 Å². The summed E-state index contributed by atoms with van der Waals surface area (Å²) in [7, 11) is 0. The lowest BCUT2D eigenvalue weighted by molar-refractivity contribution is -0.146. The summed E-state index contributed by atoms with van der Waals surface area (Å²) in [5, 5.41) is 12.5. The zero-order valence-corrected chi connectivity index (χ0v) is 23.0. The van der Waals surface area contributed by atoms with E-state index in [1.165, 1.54) is 21.6 Å². The third-order valence-electron chi connectivity index (χ3n) is 6.40. The van der Waals surface area contributed by atoms with Gasteiger partial charge in [-0.25, -0.2) is 0 Å². The minimum atomic E-state index is -1.14. The van der Waals surface area contributed by atoms with E-state index >= 15 is 0 Å². The number of nitrogens with one attached hydrogen (secondary N) is 1. The first kappa shape index (κ1) is 30.1. The number of aliphatic carboxylic acids is 1. The number of halogens is 1. The predicted molar refractivity (Wildman–Crippen MR) is 147 cm³/mol. The maximum absolute atomic E-state index is 13.4. The van der Waals surface area contributed by atoms with Crippen LogP contribution < -0.4 is 10.2 Å². The van der Waals surface area contributed by atoms with E-state index in [0.717, 1.165) is 4.90 Å². The Morgan fingerprint density at radius 1 is 1.03 bits per heavy atom. The minimum Gasteiger partial charge on any atom is -0.480 e. The normalized spacial score (nSPS) is 17.2. The molecule has 0 aliphatic carbocycles. The van der Waals surface area contributed by atoms with E-state index < -0.39 is 36.5 Å². The fourth-order valence-electron chi connectivity index (χ4n) is 4.59. The summed E-state index contributed by atoms with van der Waals surface area (Å²) in [5.41, 5.74) is 1.29. The number of fused-ring (bicyclic) bond motifs is 2. The van der Waals surface area contributed by atoms with Crippen molar-refractivity contribution >= 4 is 59.5 Å². The lowest BCUT2D eigenvalue weighted by Crippen LogP contribution is -2.54. The number of hydrogen-bond donors (Lipinski definition) is 2. The Hall–Kier alpha value is -3.41. The van der Waals surface area contributed by atoms with Crippen LogP contribution in [0.15, 0.2) is 53.4 Å². The highest BCUT2D eigenvalue weighted by atomic mass is 35.5. The van der Waals surface area contributed by atoms with Crippen LogP contribution in [0.1, 0.15) is 46.9 Å². The number of thioether (sulfide) groups is 1. The molecule has 2 aromatic carbocycles. The quantitative estimate of drug-likeness (QED) is 0.236. The largest absolute Gasteiger partial charge is 0.480 e. The number of carboxylic acids is 1. The maximum atomic E-state index is 13.4. The number of benzene rings is 2. The Morgan fingerprint density at radius 2 is 1.67 bits per heavy atom. The van der Waals surface area contributed by atoms with Gasteiger partial charge in [0, 0.05) is 17.2 Å². The summed E-state index contributed by atoms with van der Waals surface area (Å²) in [6.45, 7) is 1.56. The highest BCUT2D eigenvalue weighted by Crippen LogP contribution is 2.34. The zero-order chi connectivity index (χ0) is 27.2. The van der Waals surface area contributed by atoms with Gasteiger partial charge in [0.2, 0.25) is 5.91 Å². The first-order valence-corrected chi connectivity index (χ1v) is 13.4. The first-order chi connectivity index (χ1) is 18.3. The van der Waals surface area contributed by atoms with Gasteiger partial charge in [-0.15, -0.1) is 24.2 Å². The van der Waals surface area contributed by atoms with Crippen LogP contribution in [0.4, 0.5) is 5.69 Å². The second kappa shape index (κ2) is 13.6. The Kier molecular flexibility index (Phi) is 10.5. The standard InChI is InChI=1S/C27H29N3O7S.ClH/c1-2-37-27(36)19(11-7-8-14-29-24(33)17-9-3-4-10-18(17)25(29)34)28-20-16-38-22-13-6-5-12-21(22)30(26(20)35)15-23(31)32;/h3-6,9-10,12-13,19-20,28H,2,7-8,11,14-16H2,1H3,(H,31,32);1H/t19-,20?;/m1./s1. The van der Waals surface area contributed by atoms with Crippen molar-refractivity contribution in [3.05, 3.63) is 59.7 Å². The van der Waals surface area contributed by atoms with Crippen LogP contribution in [-0.4, -0.2) is 77.2 Å². The number of imide groups is 1. The number of rotatable bonds is 11. The number of para-hydroxylation sites is 1. The third-order valence-corrected chi connectivity index (χ3v) is 7.55. The SMILES string of the molecule is CCOC(=O)[C@@H](CCCCN1C(=O)c2ccccc2C1=O)NC1CSc2ccccc2N(CC(=O)O)C1=O.Cl. The Labute approximate surface area is 236 Å². The summed E-state index contributed by atoms with van der Waals surface area (Å²) in [4.78, 5) is 66.1. The lowest BCUT2D eigenvalue weighted by Gasteiger charge is -2.27. The molecular formula is C27H30ClN3O7S. The monoisotopic (exact) mass is 575 g/mol. The Bertz CT molecular complexity index is 1220. The molecule has 1 unspecified atom stereocenters. The molecule has 2 aliphatic rings. The molecule has 0 aromatic heterocycles. The molecule has 39 heavy (non-hydrogen) atoms. The topological polar surface area (TPSA) is 133 Å². The van der Waals surface area contributed by atoms with E-state index in [2.05, 4.69) is 5.32 Å². The van der Waals surface area contributed by atoms with Crippen molar-refractivity contribution in [1.82, 2.24) is 10.2 Å². The number of hydrogen-bond acceptors (Lipinski definition) is 8. The van der Waals surface area contributed by atoms with Crippen molar-refractivity contribution in [2.24, 2.45) is 0 Å². The van der Waals surface area contributed by atoms with Gasteiger partial charge in [-0.2, -0.15) is 0 Å². The van der Waals surface area contributed by atoms with Crippen LogP contribution in [-0.2, 0) is 19.1 Å². The number of carboxylic acid groups (broad SMARTS) is 1. The van der Waals surface area contributed by atoms with Gasteiger partial charge in [-0.05, 0) is 50.5 Å². The van der Waals surface area contributed by atoms with E-state index in [1.54, 1.807) is 43.3 Å². The van der Waals surface area contributed by atoms with Crippen LogP contribution in [0.2, 0.25) is 0 Å². The van der Waals surface area contributed by atoms with Gasteiger partial charge >= 0.3 is 11.9 Å². The fraction of sp³-hybridized carbons (Fsp3) is 0.370. The number of amides is 3. The molecule has 2 atom stereocenters. The van der Waals surface area contributed by atoms with E-state index in [-0.39, 0.29) is 37.4 Å². The average Bonchev–Trinajstić information content (AvgIpc) is 3.07. The summed E-state index contributed by atoms with van der Waals surface area (Å²) >= 11 is 1.41. The van der Waals surface area contributed by atoms with Crippen molar-refractivity contribution in [2.45, 2.75) is 43.2 Å². The molecule has 0 fully saturated rings. The molecule has 0 radical (unpaired) electrons. The van der Waals surface area contributed by atoms with Crippen molar-refractivity contribution in [2.75, 3.05) is 30.3 Å². The molecule has 0 saturated carbocycles. The van der Waals surface area contributed by atoms with Gasteiger partial charge in [0.05, 0.1) is 29.5 Å². The minimum absolute atomic E-state index is 0. The zero-order valence-electron chi connectivity index (χ0n) is 21.3. The van der Waals surface area contributed by atoms with Crippen LogP contribution in [0, 0.1) is 0 Å². The van der Waals surface area contributed by atoms with Crippen LogP contribution in [0.25, 0.3) is 0 Å². The van der Waals surface area contributed by atoms with E-state index in [4.69, 9.17) is 4.74 Å². The average molecular weight is 576 g/mol. The number of carbonyl (C=O) groups excluding carboxylic acids is 4. The number of ether oxygens (including phenoxy) is 1. The van der Waals surface area contributed by atoms with Gasteiger partial charge in [-0.1, -0.05) is 24.3 Å². The molecule has 2 aromatic rings. The van der Waals surface area contributed by atoms with Crippen LogP contribution >= 0.6 is 24.2 Å². The maximum Gasteiger partial charge on any atom is 0.323 e.